The lowest BCUT2D eigenvalue weighted by atomic mass is 10.1. The van der Waals surface area contributed by atoms with Crippen LogP contribution in [0.15, 0.2) is 4.79 Å². The van der Waals surface area contributed by atoms with Crippen molar-refractivity contribution < 1.29 is 0 Å². The van der Waals surface area contributed by atoms with Gasteiger partial charge in [0.25, 0.3) is 5.56 Å². The van der Waals surface area contributed by atoms with E-state index in [1.165, 1.54) is 0 Å². The maximum absolute atomic E-state index is 12.1. The number of hydrogen-bond donors (Lipinski definition) is 1. The molecule has 2 heterocycles. The van der Waals surface area contributed by atoms with E-state index in [1.807, 2.05) is 25.6 Å². The van der Waals surface area contributed by atoms with E-state index < -0.39 is 0 Å². The van der Waals surface area contributed by atoms with Gasteiger partial charge in [-0.3, -0.25) is 9.48 Å². The normalized spacial score (nSPS) is 11.3. The number of nitrogens with one attached hydrogen (secondary N) is 1. The Kier molecular flexibility index (Phi) is 4.31. The molecule has 0 atom stereocenters. The Labute approximate surface area is 132 Å². The minimum Gasteiger partial charge on any atom is -0.305 e. The van der Waals surface area contributed by atoms with E-state index in [0.29, 0.717) is 15.3 Å². The third kappa shape index (κ3) is 2.79. The fourth-order valence-corrected chi connectivity index (χ4v) is 2.74. The van der Waals surface area contributed by atoms with Crippen LogP contribution in [0.2, 0.25) is 0 Å². The molecule has 108 valence electrons. The number of H-pyrrole nitrogens is 1. The van der Waals surface area contributed by atoms with Gasteiger partial charge in [-0.1, -0.05) is 13.8 Å². The Bertz CT molecular complexity index is 700. The van der Waals surface area contributed by atoms with Crippen molar-refractivity contribution >= 4 is 22.6 Å². The van der Waals surface area contributed by atoms with Crippen LogP contribution in [0.25, 0.3) is 11.4 Å². The Hall–Kier alpha value is -1.18. The molecule has 0 aromatic carbocycles. The molecule has 1 N–H and O–H groups in total. The molecule has 0 saturated carbocycles. The van der Waals surface area contributed by atoms with Crippen LogP contribution in [0.3, 0.4) is 0 Å². The van der Waals surface area contributed by atoms with Crippen molar-refractivity contribution in [1.29, 1.82) is 0 Å². The molecule has 0 unspecified atom stereocenters. The van der Waals surface area contributed by atoms with Crippen molar-refractivity contribution in [3.05, 3.63) is 31.0 Å². The fraction of sp³-hybridized carbons (Fsp3) is 0.500. The van der Waals surface area contributed by atoms with Crippen molar-refractivity contribution in [2.24, 2.45) is 13.0 Å². The Morgan fingerprint density at radius 3 is 2.50 bits per heavy atom. The average Bonchev–Trinajstić information content (AvgIpc) is 2.58. The molecule has 6 heteroatoms. The lowest BCUT2D eigenvalue weighted by Gasteiger charge is -2.09. The zero-order valence-electron chi connectivity index (χ0n) is 12.4. The van der Waals surface area contributed by atoms with Gasteiger partial charge in [-0.25, -0.2) is 4.98 Å². The third-order valence-electron chi connectivity index (χ3n) is 3.28. The van der Waals surface area contributed by atoms with Crippen LogP contribution < -0.4 is 5.56 Å². The highest BCUT2D eigenvalue weighted by atomic mass is 127. The topological polar surface area (TPSA) is 63.6 Å². The van der Waals surface area contributed by atoms with Crippen molar-refractivity contribution in [3.63, 3.8) is 0 Å². The van der Waals surface area contributed by atoms with Gasteiger partial charge in [0.2, 0.25) is 0 Å². The van der Waals surface area contributed by atoms with Crippen molar-refractivity contribution in [2.45, 2.75) is 34.1 Å². The summed E-state index contributed by atoms with van der Waals surface area (Å²) in [5, 5.41) is 4.38. The molecule has 0 aliphatic heterocycles. The zero-order valence-corrected chi connectivity index (χ0v) is 14.6. The summed E-state index contributed by atoms with van der Waals surface area (Å²) in [6.45, 7) is 8.16. The number of rotatable bonds is 3. The predicted octanol–water partition coefficient (Wildman–Crippen LogP) is 2.59. The molecule has 0 spiro atoms. The van der Waals surface area contributed by atoms with E-state index in [1.54, 1.807) is 0 Å². The smallest absolute Gasteiger partial charge is 0.264 e. The Morgan fingerprint density at radius 1 is 1.35 bits per heavy atom. The summed E-state index contributed by atoms with van der Waals surface area (Å²) in [6.07, 6.45) is 0.799. The molecule has 0 radical (unpaired) electrons. The second-order valence-electron chi connectivity index (χ2n) is 5.44. The minimum absolute atomic E-state index is 0.0751. The number of nitrogens with zero attached hydrogens (tertiary/aromatic N) is 3. The highest BCUT2D eigenvalue weighted by Crippen LogP contribution is 2.23. The molecule has 0 bridgehead atoms. The van der Waals surface area contributed by atoms with Crippen LogP contribution in [-0.2, 0) is 13.5 Å². The lowest BCUT2D eigenvalue weighted by Crippen LogP contribution is -2.17. The SMILES string of the molecule is Cc1nn(C)c(C)c1-c1nc(CC(C)C)c(I)c(=O)[nH]1. The largest absolute Gasteiger partial charge is 0.305 e. The first-order valence-electron chi connectivity index (χ1n) is 6.60. The van der Waals surface area contributed by atoms with E-state index in [-0.39, 0.29) is 5.56 Å². The van der Waals surface area contributed by atoms with Crippen LogP contribution in [0.4, 0.5) is 0 Å². The molecule has 2 aromatic heterocycles. The molecule has 0 amide bonds. The van der Waals surface area contributed by atoms with Gasteiger partial charge in [-0.15, -0.1) is 0 Å². The molecule has 0 aliphatic carbocycles. The zero-order chi connectivity index (χ0) is 15.0. The van der Waals surface area contributed by atoms with Gasteiger partial charge in [0, 0.05) is 12.7 Å². The Morgan fingerprint density at radius 2 is 2.00 bits per heavy atom. The van der Waals surface area contributed by atoms with Crippen LogP contribution >= 0.6 is 22.6 Å². The first-order chi connectivity index (χ1) is 9.31. The summed E-state index contributed by atoms with van der Waals surface area (Å²) in [6, 6.07) is 0. The van der Waals surface area contributed by atoms with Crippen molar-refractivity contribution in [3.8, 4) is 11.4 Å². The first kappa shape index (κ1) is 15.2. The van der Waals surface area contributed by atoms with E-state index in [0.717, 1.165) is 29.1 Å². The van der Waals surface area contributed by atoms with Gasteiger partial charge in [-0.2, -0.15) is 5.10 Å². The van der Waals surface area contributed by atoms with E-state index >= 15 is 0 Å². The van der Waals surface area contributed by atoms with E-state index in [9.17, 15) is 4.79 Å². The van der Waals surface area contributed by atoms with Gasteiger partial charge in [0.15, 0.2) is 0 Å². The molecule has 0 fully saturated rings. The summed E-state index contributed by atoms with van der Waals surface area (Å²) < 4.78 is 2.49. The first-order valence-corrected chi connectivity index (χ1v) is 7.68. The fourth-order valence-electron chi connectivity index (χ4n) is 2.26. The molecular formula is C14H19IN4O. The Balaban J connectivity index is 2.64. The summed E-state index contributed by atoms with van der Waals surface area (Å²) >= 11 is 2.07. The molecular weight excluding hydrogens is 367 g/mol. The van der Waals surface area contributed by atoms with Crippen molar-refractivity contribution in [2.75, 3.05) is 0 Å². The molecule has 0 aliphatic rings. The van der Waals surface area contributed by atoms with Gasteiger partial charge >= 0.3 is 0 Å². The van der Waals surface area contributed by atoms with Gasteiger partial charge in [0.1, 0.15) is 5.82 Å². The highest BCUT2D eigenvalue weighted by molar-refractivity contribution is 14.1. The molecule has 20 heavy (non-hydrogen) atoms. The van der Waals surface area contributed by atoms with Gasteiger partial charge in [0.05, 0.1) is 20.5 Å². The van der Waals surface area contributed by atoms with Crippen LogP contribution in [0, 0.1) is 23.3 Å². The number of halogens is 1. The summed E-state index contributed by atoms with van der Waals surface area (Å²) in [5.41, 5.74) is 3.59. The van der Waals surface area contributed by atoms with E-state index in [4.69, 9.17) is 0 Å². The molecule has 2 rings (SSSR count). The van der Waals surface area contributed by atoms with Crippen molar-refractivity contribution in [1.82, 2.24) is 19.7 Å². The summed E-state index contributed by atoms with van der Waals surface area (Å²) in [4.78, 5) is 19.6. The monoisotopic (exact) mass is 386 g/mol. The quantitative estimate of drug-likeness (QED) is 0.825. The standard InChI is InChI=1S/C14H19IN4O/c1-7(2)6-10-12(15)14(20)17-13(16-10)11-8(3)18-19(5)9(11)4/h7H,6H2,1-5H3,(H,16,17,20). The van der Waals surface area contributed by atoms with Crippen LogP contribution in [-0.4, -0.2) is 19.7 Å². The maximum atomic E-state index is 12.1. The van der Waals surface area contributed by atoms with Gasteiger partial charge in [-0.05, 0) is 48.8 Å². The maximum Gasteiger partial charge on any atom is 0.264 e. The van der Waals surface area contributed by atoms with Crippen LogP contribution in [0.1, 0.15) is 30.9 Å². The lowest BCUT2D eigenvalue weighted by molar-refractivity contribution is 0.631. The molecule has 5 nitrogen and oxygen atoms in total. The molecule has 0 saturated heterocycles. The number of aromatic amines is 1. The summed E-state index contributed by atoms with van der Waals surface area (Å²) in [7, 11) is 1.89. The summed E-state index contributed by atoms with van der Waals surface area (Å²) in [5.74, 6) is 1.08. The average molecular weight is 386 g/mol. The van der Waals surface area contributed by atoms with Gasteiger partial charge < -0.3 is 4.98 Å². The predicted molar refractivity (Wildman–Crippen MR) is 87.8 cm³/mol. The molecule has 2 aromatic rings. The third-order valence-corrected chi connectivity index (χ3v) is 4.39. The number of aromatic nitrogens is 4. The second kappa shape index (κ2) is 5.67. The highest BCUT2D eigenvalue weighted by Gasteiger charge is 2.17. The minimum atomic E-state index is -0.0751. The second-order valence-corrected chi connectivity index (χ2v) is 6.52. The number of aryl methyl sites for hydroxylation is 2. The van der Waals surface area contributed by atoms with Crippen LogP contribution in [0.5, 0.6) is 0 Å². The number of hydrogen-bond acceptors (Lipinski definition) is 3. The van der Waals surface area contributed by atoms with E-state index in [2.05, 4.69) is 51.5 Å².